The average molecular weight is 287 g/mol. The third-order valence-corrected chi connectivity index (χ3v) is 3.81. The lowest BCUT2D eigenvalue weighted by Crippen LogP contribution is -2.24. The minimum atomic E-state index is 0.616. The molecule has 1 aromatic heterocycles. The van der Waals surface area contributed by atoms with Gasteiger partial charge in [0.05, 0.1) is 12.6 Å². The fraction of sp³-hybridized carbons (Fsp3) is 0.471. The number of aromatic nitrogens is 1. The Balaban J connectivity index is 2.25. The highest BCUT2D eigenvalue weighted by atomic mass is 16.5. The SMILES string of the molecule is CCCCN(CC)Cc1cc2ccc(OC)cc2nc1N. The number of nitrogens with two attached hydrogens (primary N) is 1. The monoisotopic (exact) mass is 287 g/mol. The van der Waals surface area contributed by atoms with Crippen LogP contribution in [0.2, 0.25) is 0 Å². The second kappa shape index (κ2) is 7.27. The molecule has 2 N–H and O–H groups in total. The molecule has 4 heteroatoms. The van der Waals surface area contributed by atoms with Crippen LogP contribution >= 0.6 is 0 Å². The molecule has 2 aromatic rings. The van der Waals surface area contributed by atoms with Crippen LogP contribution in [0.5, 0.6) is 5.75 Å². The van der Waals surface area contributed by atoms with E-state index in [1.165, 1.54) is 12.8 Å². The van der Waals surface area contributed by atoms with Crippen molar-refractivity contribution < 1.29 is 4.74 Å². The van der Waals surface area contributed by atoms with Crippen molar-refractivity contribution in [1.82, 2.24) is 9.88 Å². The van der Waals surface area contributed by atoms with Crippen LogP contribution in [-0.4, -0.2) is 30.1 Å². The number of fused-ring (bicyclic) bond motifs is 1. The van der Waals surface area contributed by atoms with Crippen molar-refractivity contribution in [3.8, 4) is 5.75 Å². The minimum Gasteiger partial charge on any atom is -0.497 e. The Morgan fingerprint density at radius 2 is 2.05 bits per heavy atom. The maximum Gasteiger partial charge on any atom is 0.128 e. The Hall–Kier alpha value is -1.81. The smallest absolute Gasteiger partial charge is 0.128 e. The Morgan fingerprint density at radius 3 is 2.71 bits per heavy atom. The van der Waals surface area contributed by atoms with Gasteiger partial charge in [0.2, 0.25) is 0 Å². The summed E-state index contributed by atoms with van der Waals surface area (Å²) in [6.45, 7) is 7.39. The summed E-state index contributed by atoms with van der Waals surface area (Å²) in [5.74, 6) is 1.42. The predicted octanol–water partition coefficient (Wildman–Crippen LogP) is 3.45. The Kier molecular flexibility index (Phi) is 5.39. The van der Waals surface area contributed by atoms with Gasteiger partial charge in [0, 0.05) is 23.6 Å². The van der Waals surface area contributed by atoms with Crippen molar-refractivity contribution in [3.63, 3.8) is 0 Å². The highest BCUT2D eigenvalue weighted by molar-refractivity contribution is 5.82. The fourth-order valence-electron chi connectivity index (χ4n) is 2.43. The van der Waals surface area contributed by atoms with Gasteiger partial charge in [-0.15, -0.1) is 0 Å². The van der Waals surface area contributed by atoms with Crippen molar-refractivity contribution >= 4 is 16.7 Å². The van der Waals surface area contributed by atoms with Gasteiger partial charge in [-0.25, -0.2) is 4.98 Å². The highest BCUT2D eigenvalue weighted by Gasteiger charge is 2.09. The van der Waals surface area contributed by atoms with Crippen LogP contribution < -0.4 is 10.5 Å². The van der Waals surface area contributed by atoms with Crippen LogP contribution in [0.4, 0.5) is 5.82 Å². The molecule has 1 aromatic carbocycles. The van der Waals surface area contributed by atoms with Crippen LogP contribution in [0.1, 0.15) is 32.3 Å². The number of hydrogen-bond donors (Lipinski definition) is 1. The van der Waals surface area contributed by atoms with E-state index in [2.05, 4.69) is 29.8 Å². The molecule has 114 valence electrons. The Morgan fingerprint density at radius 1 is 1.24 bits per heavy atom. The van der Waals surface area contributed by atoms with E-state index in [-0.39, 0.29) is 0 Å². The van der Waals surface area contributed by atoms with Gasteiger partial charge in [0.1, 0.15) is 11.6 Å². The second-order valence-corrected chi connectivity index (χ2v) is 5.31. The Bertz CT molecular complexity index is 598. The first-order chi connectivity index (χ1) is 10.2. The number of pyridine rings is 1. The van der Waals surface area contributed by atoms with E-state index in [1.54, 1.807) is 7.11 Å². The number of unbranched alkanes of at least 4 members (excludes halogenated alkanes) is 1. The highest BCUT2D eigenvalue weighted by Crippen LogP contribution is 2.23. The minimum absolute atomic E-state index is 0.616. The molecular weight excluding hydrogens is 262 g/mol. The molecule has 0 saturated carbocycles. The van der Waals surface area contributed by atoms with Crippen LogP contribution in [0.25, 0.3) is 10.9 Å². The molecule has 0 radical (unpaired) electrons. The van der Waals surface area contributed by atoms with E-state index < -0.39 is 0 Å². The number of nitrogens with zero attached hydrogens (tertiary/aromatic N) is 2. The summed E-state index contributed by atoms with van der Waals surface area (Å²) in [5, 5.41) is 1.10. The van der Waals surface area contributed by atoms with Crippen molar-refractivity contribution in [1.29, 1.82) is 0 Å². The Labute approximate surface area is 126 Å². The lowest BCUT2D eigenvalue weighted by atomic mass is 10.1. The van der Waals surface area contributed by atoms with Crippen molar-refractivity contribution in [2.45, 2.75) is 33.2 Å². The molecule has 21 heavy (non-hydrogen) atoms. The van der Waals surface area contributed by atoms with E-state index in [9.17, 15) is 0 Å². The summed E-state index contributed by atoms with van der Waals surface area (Å²) in [4.78, 5) is 6.93. The van der Waals surface area contributed by atoms with Gasteiger partial charge in [-0.1, -0.05) is 20.3 Å². The summed E-state index contributed by atoms with van der Waals surface area (Å²) in [6.07, 6.45) is 2.42. The zero-order chi connectivity index (χ0) is 15.2. The lowest BCUT2D eigenvalue weighted by Gasteiger charge is -2.21. The van der Waals surface area contributed by atoms with Crippen molar-refractivity contribution in [2.75, 3.05) is 25.9 Å². The number of hydrogen-bond acceptors (Lipinski definition) is 4. The summed E-state index contributed by atoms with van der Waals surface area (Å²) in [7, 11) is 1.66. The maximum absolute atomic E-state index is 6.13. The number of ether oxygens (including phenoxy) is 1. The first-order valence-electron chi connectivity index (χ1n) is 7.63. The standard InChI is InChI=1S/C17H25N3O/c1-4-6-9-20(5-2)12-14-10-13-7-8-15(21-3)11-16(13)19-17(14)18/h7-8,10-11H,4-6,9,12H2,1-3H3,(H2,18,19). The second-order valence-electron chi connectivity index (χ2n) is 5.31. The summed E-state index contributed by atoms with van der Waals surface area (Å²) >= 11 is 0. The normalized spacial score (nSPS) is 11.2. The predicted molar refractivity (Wildman–Crippen MR) is 88.6 cm³/mol. The maximum atomic E-state index is 6.13. The van der Waals surface area contributed by atoms with Gasteiger partial charge in [0.25, 0.3) is 0 Å². The van der Waals surface area contributed by atoms with E-state index >= 15 is 0 Å². The molecule has 4 nitrogen and oxygen atoms in total. The van der Waals surface area contributed by atoms with Crippen molar-refractivity contribution in [3.05, 3.63) is 29.8 Å². The molecule has 2 rings (SSSR count). The molecular formula is C17H25N3O. The fourth-order valence-corrected chi connectivity index (χ4v) is 2.43. The summed E-state index contributed by atoms with van der Waals surface area (Å²) in [5.41, 5.74) is 8.12. The molecule has 0 amide bonds. The van der Waals surface area contributed by atoms with E-state index in [0.717, 1.165) is 41.9 Å². The average Bonchev–Trinajstić information content (AvgIpc) is 2.51. The number of methoxy groups -OCH3 is 1. The first-order valence-corrected chi connectivity index (χ1v) is 7.63. The molecule has 0 fully saturated rings. The summed E-state index contributed by atoms with van der Waals surface area (Å²) in [6, 6.07) is 8.06. The third-order valence-electron chi connectivity index (χ3n) is 3.81. The van der Waals surface area contributed by atoms with Gasteiger partial charge < -0.3 is 10.5 Å². The lowest BCUT2D eigenvalue weighted by molar-refractivity contribution is 0.276. The van der Waals surface area contributed by atoms with E-state index in [1.807, 2.05) is 18.2 Å². The van der Waals surface area contributed by atoms with Crippen LogP contribution in [0.3, 0.4) is 0 Å². The number of benzene rings is 1. The number of rotatable bonds is 7. The zero-order valence-corrected chi connectivity index (χ0v) is 13.2. The molecule has 0 aliphatic rings. The number of anilines is 1. The van der Waals surface area contributed by atoms with Gasteiger partial charge in [-0.3, -0.25) is 4.90 Å². The van der Waals surface area contributed by atoms with Gasteiger partial charge in [-0.05, 0) is 37.7 Å². The molecule has 0 bridgehead atoms. The molecule has 0 spiro atoms. The molecule has 0 aliphatic heterocycles. The molecule has 0 atom stereocenters. The van der Waals surface area contributed by atoms with Crippen LogP contribution in [0.15, 0.2) is 24.3 Å². The first kappa shape index (κ1) is 15.6. The zero-order valence-electron chi connectivity index (χ0n) is 13.2. The van der Waals surface area contributed by atoms with Crippen LogP contribution in [-0.2, 0) is 6.54 Å². The largest absolute Gasteiger partial charge is 0.497 e. The van der Waals surface area contributed by atoms with Gasteiger partial charge in [-0.2, -0.15) is 0 Å². The van der Waals surface area contributed by atoms with E-state index in [4.69, 9.17) is 10.5 Å². The topological polar surface area (TPSA) is 51.4 Å². The van der Waals surface area contributed by atoms with Crippen molar-refractivity contribution in [2.24, 2.45) is 0 Å². The van der Waals surface area contributed by atoms with Gasteiger partial charge in [0.15, 0.2) is 0 Å². The van der Waals surface area contributed by atoms with Gasteiger partial charge >= 0.3 is 0 Å². The molecule has 1 heterocycles. The van der Waals surface area contributed by atoms with E-state index in [0.29, 0.717) is 5.82 Å². The van der Waals surface area contributed by atoms with Crippen LogP contribution in [0, 0.1) is 0 Å². The number of nitrogen functional groups attached to an aromatic ring is 1. The summed E-state index contributed by atoms with van der Waals surface area (Å²) < 4.78 is 5.23. The molecule has 0 unspecified atom stereocenters. The quantitative estimate of drug-likeness (QED) is 0.847. The molecule has 0 saturated heterocycles. The molecule has 0 aliphatic carbocycles. The third kappa shape index (κ3) is 3.85.